The molecule has 22 heavy (non-hydrogen) atoms. The largest absolute Gasteiger partial charge is 0.463 e. The zero-order valence-corrected chi connectivity index (χ0v) is 13.8. The van der Waals surface area contributed by atoms with Crippen LogP contribution in [0.1, 0.15) is 59.3 Å². The van der Waals surface area contributed by atoms with E-state index in [2.05, 4.69) is 0 Å². The van der Waals surface area contributed by atoms with Gasteiger partial charge in [-0.2, -0.15) is 0 Å². The molecule has 128 valence electrons. The van der Waals surface area contributed by atoms with Crippen molar-refractivity contribution in [1.82, 2.24) is 0 Å². The van der Waals surface area contributed by atoms with Crippen LogP contribution in [0.2, 0.25) is 0 Å². The van der Waals surface area contributed by atoms with Gasteiger partial charge in [0.1, 0.15) is 12.2 Å². The summed E-state index contributed by atoms with van der Waals surface area (Å²) in [5.74, 6) is -0.518. The first-order valence-electron chi connectivity index (χ1n) is 7.94. The Balaban J connectivity index is 2.03. The Hall–Kier alpha value is -1.14. The molecule has 0 bridgehead atoms. The van der Waals surface area contributed by atoms with Crippen LogP contribution >= 0.6 is 0 Å². The first kappa shape index (κ1) is 18.9. The molecule has 0 radical (unpaired) electrons. The maximum Gasteiger partial charge on any atom is 0.306 e. The van der Waals surface area contributed by atoms with Crippen molar-refractivity contribution in [2.45, 2.75) is 77.1 Å². The molecule has 0 aliphatic carbocycles. The van der Waals surface area contributed by atoms with Gasteiger partial charge >= 0.3 is 11.9 Å². The van der Waals surface area contributed by atoms with Gasteiger partial charge in [0, 0.05) is 12.8 Å². The molecule has 0 unspecified atom stereocenters. The maximum absolute atomic E-state index is 11.6. The first-order valence-corrected chi connectivity index (χ1v) is 7.94. The normalized spacial score (nSPS) is 21.6. The number of carbonyl (C=O) groups is 2. The summed E-state index contributed by atoms with van der Waals surface area (Å²) in [4.78, 5) is 23.1. The van der Waals surface area contributed by atoms with Gasteiger partial charge in [0.05, 0.1) is 18.8 Å². The van der Waals surface area contributed by atoms with Gasteiger partial charge in [0.15, 0.2) is 0 Å². The van der Waals surface area contributed by atoms with E-state index in [1.54, 1.807) is 0 Å². The number of ether oxygens (including phenoxy) is 3. The van der Waals surface area contributed by atoms with Gasteiger partial charge in [0.2, 0.25) is 0 Å². The molecule has 1 aliphatic heterocycles. The van der Waals surface area contributed by atoms with E-state index >= 15 is 0 Å². The van der Waals surface area contributed by atoms with E-state index in [1.165, 1.54) is 0 Å². The Morgan fingerprint density at radius 3 is 2.23 bits per heavy atom. The monoisotopic (exact) mass is 316 g/mol. The number of aliphatic hydroxyl groups is 1. The van der Waals surface area contributed by atoms with Crippen molar-refractivity contribution in [2.75, 3.05) is 13.2 Å². The molecule has 0 aromatic rings. The minimum absolute atomic E-state index is 0.00904. The van der Waals surface area contributed by atoms with Crippen LogP contribution in [0, 0.1) is 0 Å². The van der Waals surface area contributed by atoms with Crippen molar-refractivity contribution in [3.63, 3.8) is 0 Å². The van der Waals surface area contributed by atoms with Crippen molar-refractivity contribution in [2.24, 2.45) is 0 Å². The first-order chi connectivity index (χ1) is 10.3. The highest BCUT2D eigenvalue weighted by Crippen LogP contribution is 2.19. The molecular formula is C16H28O6. The molecule has 0 aromatic carbocycles. The van der Waals surface area contributed by atoms with Gasteiger partial charge in [-0.15, -0.1) is 0 Å². The lowest BCUT2D eigenvalue weighted by molar-refractivity contribution is -0.155. The van der Waals surface area contributed by atoms with Crippen LogP contribution in [0.15, 0.2) is 0 Å². The molecule has 6 nitrogen and oxygen atoms in total. The molecule has 0 amide bonds. The third-order valence-electron chi connectivity index (χ3n) is 3.26. The third kappa shape index (κ3) is 8.34. The number of aliphatic hydroxyl groups excluding tert-OH is 1. The highest BCUT2D eigenvalue weighted by molar-refractivity contribution is 5.70. The lowest BCUT2D eigenvalue weighted by atomic mass is 10.1. The summed E-state index contributed by atoms with van der Waals surface area (Å²) in [6, 6.07) is 0. The van der Waals surface area contributed by atoms with Gasteiger partial charge in [-0.1, -0.05) is 0 Å². The summed E-state index contributed by atoms with van der Waals surface area (Å²) >= 11 is 0. The van der Waals surface area contributed by atoms with Crippen molar-refractivity contribution in [3.8, 4) is 0 Å². The van der Waals surface area contributed by atoms with E-state index in [0.29, 0.717) is 25.7 Å². The minimum Gasteiger partial charge on any atom is -0.463 e. The summed E-state index contributed by atoms with van der Waals surface area (Å²) in [7, 11) is 0. The van der Waals surface area contributed by atoms with Crippen molar-refractivity contribution >= 4 is 11.9 Å². The summed E-state index contributed by atoms with van der Waals surface area (Å²) < 4.78 is 15.8. The van der Waals surface area contributed by atoms with Crippen molar-refractivity contribution < 1.29 is 28.9 Å². The SMILES string of the molecule is CC(C)(C)OC(=O)CCCCC(=O)OC[C@H]1CC[C@H](CO)O1. The van der Waals surface area contributed by atoms with Gasteiger partial charge in [-0.3, -0.25) is 9.59 Å². The van der Waals surface area contributed by atoms with Crippen LogP contribution in [0.4, 0.5) is 0 Å². The smallest absolute Gasteiger partial charge is 0.306 e. The fourth-order valence-corrected chi connectivity index (χ4v) is 2.23. The maximum atomic E-state index is 11.6. The summed E-state index contributed by atoms with van der Waals surface area (Å²) in [6.45, 7) is 5.73. The summed E-state index contributed by atoms with van der Waals surface area (Å²) in [5.41, 5.74) is -0.469. The van der Waals surface area contributed by atoms with E-state index in [4.69, 9.17) is 19.3 Å². The van der Waals surface area contributed by atoms with Crippen LogP contribution in [0.5, 0.6) is 0 Å². The average Bonchev–Trinajstić information content (AvgIpc) is 2.87. The van der Waals surface area contributed by atoms with Gasteiger partial charge < -0.3 is 19.3 Å². The molecule has 1 heterocycles. The molecular weight excluding hydrogens is 288 g/mol. The van der Waals surface area contributed by atoms with Crippen LogP contribution < -0.4 is 0 Å². The Bertz CT molecular complexity index is 360. The lowest BCUT2D eigenvalue weighted by Crippen LogP contribution is -2.23. The van der Waals surface area contributed by atoms with Gasteiger partial charge in [0.25, 0.3) is 0 Å². The molecule has 2 atom stereocenters. The average molecular weight is 316 g/mol. The highest BCUT2D eigenvalue weighted by atomic mass is 16.6. The van der Waals surface area contributed by atoms with E-state index < -0.39 is 5.60 Å². The Morgan fingerprint density at radius 2 is 1.68 bits per heavy atom. The highest BCUT2D eigenvalue weighted by Gasteiger charge is 2.25. The van der Waals surface area contributed by atoms with E-state index in [9.17, 15) is 9.59 Å². The molecule has 1 saturated heterocycles. The molecule has 0 aromatic heterocycles. The van der Waals surface area contributed by atoms with Crippen LogP contribution in [-0.2, 0) is 23.8 Å². The van der Waals surface area contributed by atoms with E-state index in [0.717, 1.165) is 12.8 Å². The van der Waals surface area contributed by atoms with E-state index in [1.807, 2.05) is 20.8 Å². The molecule has 0 saturated carbocycles. The molecule has 1 fully saturated rings. The summed E-state index contributed by atoms with van der Waals surface area (Å²) in [6.07, 6.45) is 3.18. The molecule has 1 rings (SSSR count). The van der Waals surface area contributed by atoms with Crippen molar-refractivity contribution in [1.29, 1.82) is 0 Å². The Labute approximate surface area is 132 Å². The Morgan fingerprint density at radius 1 is 1.09 bits per heavy atom. The predicted octanol–water partition coefficient (Wildman–Crippen LogP) is 1.97. The van der Waals surface area contributed by atoms with Crippen LogP contribution in [0.25, 0.3) is 0 Å². The van der Waals surface area contributed by atoms with Crippen LogP contribution in [-0.4, -0.2) is 48.1 Å². The lowest BCUT2D eigenvalue weighted by Gasteiger charge is -2.19. The second-order valence-electron chi connectivity index (χ2n) is 6.62. The number of rotatable bonds is 8. The molecule has 1 aliphatic rings. The number of hydrogen-bond acceptors (Lipinski definition) is 6. The minimum atomic E-state index is -0.469. The summed E-state index contributed by atoms with van der Waals surface area (Å²) in [5, 5.41) is 8.95. The third-order valence-corrected chi connectivity index (χ3v) is 3.26. The van der Waals surface area contributed by atoms with Gasteiger partial charge in [-0.25, -0.2) is 0 Å². The molecule has 0 spiro atoms. The zero-order valence-electron chi connectivity index (χ0n) is 13.8. The standard InChI is InChI=1S/C16H28O6/c1-16(2,3)22-15(19)7-5-4-6-14(18)20-11-13-9-8-12(10-17)21-13/h12-13,17H,4-11H2,1-3H3/t12-,13-/m1/s1. The second kappa shape index (κ2) is 9.10. The van der Waals surface area contributed by atoms with Crippen LogP contribution in [0.3, 0.4) is 0 Å². The topological polar surface area (TPSA) is 82.1 Å². The molecule has 1 N–H and O–H groups in total. The number of carbonyl (C=O) groups excluding carboxylic acids is 2. The fraction of sp³-hybridized carbons (Fsp3) is 0.875. The number of unbranched alkanes of at least 4 members (excludes halogenated alkanes) is 1. The second-order valence-corrected chi connectivity index (χ2v) is 6.62. The van der Waals surface area contributed by atoms with Crippen molar-refractivity contribution in [3.05, 3.63) is 0 Å². The Kier molecular flexibility index (Phi) is 7.82. The number of hydrogen-bond donors (Lipinski definition) is 1. The quantitative estimate of drug-likeness (QED) is 0.544. The predicted molar refractivity (Wildman–Crippen MR) is 80.3 cm³/mol. The fourth-order valence-electron chi connectivity index (χ4n) is 2.23. The van der Waals surface area contributed by atoms with E-state index in [-0.39, 0.29) is 37.4 Å². The molecule has 6 heteroatoms. The zero-order chi connectivity index (χ0) is 16.6. The van der Waals surface area contributed by atoms with Gasteiger partial charge in [-0.05, 0) is 46.5 Å². The number of esters is 2.